The number of aromatic nitrogens is 1. The highest BCUT2D eigenvalue weighted by atomic mass is 16.5. The van der Waals surface area contributed by atoms with Crippen molar-refractivity contribution in [3.05, 3.63) is 33.7 Å². The van der Waals surface area contributed by atoms with Crippen LogP contribution in [0.5, 0.6) is 0 Å². The van der Waals surface area contributed by atoms with Gasteiger partial charge in [-0.3, -0.25) is 9.59 Å². The van der Waals surface area contributed by atoms with E-state index in [2.05, 4.69) is 9.72 Å². The number of H-pyrrole nitrogens is 1. The quantitative estimate of drug-likeness (QED) is 0.725. The Morgan fingerprint density at radius 2 is 2.29 bits per heavy atom. The molecule has 0 fully saturated rings. The van der Waals surface area contributed by atoms with E-state index < -0.39 is 0 Å². The van der Waals surface area contributed by atoms with Gasteiger partial charge in [-0.25, -0.2) is 0 Å². The van der Waals surface area contributed by atoms with Crippen molar-refractivity contribution >= 4 is 5.97 Å². The average molecular weight is 195 g/mol. The van der Waals surface area contributed by atoms with E-state index in [0.717, 1.165) is 5.56 Å². The van der Waals surface area contributed by atoms with Crippen LogP contribution in [0.1, 0.15) is 17.5 Å². The molecule has 1 aromatic heterocycles. The molecule has 0 saturated heterocycles. The van der Waals surface area contributed by atoms with E-state index in [4.69, 9.17) is 0 Å². The van der Waals surface area contributed by atoms with Gasteiger partial charge >= 0.3 is 5.97 Å². The highest BCUT2D eigenvalue weighted by Gasteiger charge is 2.05. The molecule has 0 aliphatic rings. The molecule has 0 radical (unpaired) electrons. The number of carbonyl (C=O) groups excluding carboxylic acids is 1. The maximum absolute atomic E-state index is 11.2. The zero-order chi connectivity index (χ0) is 10.6. The van der Waals surface area contributed by atoms with Crippen LogP contribution in [0.4, 0.5) is 0 Å². The fourth-order valence-electron chi connectivity index (χ4n) is 1.21. The standard InChI is InChI=1S/C10H13NO3/c1-7-8(3-4-9(12)14-2)5-6-11-10(7)13/h5-6H,3-4H2,1-2H3,(H,11,13). The molecule has 4 heteroatoms. The number of methoxy groups -OCH3 is 1. The van der Waals surface area contributed by atoms with Crippen molar-refractivity contribution in [2.75, 3.05) is 7.11 Å². The molecule has 0 aliphatic carbocycles. The van der Waals surface area contributed by atoms with Gasteiger partial charge < -0.3 is 9.72 Å². The normalized spacial score (nSPS) is 9.86. The topological polar surface area (TPSA) is 59.2 Å². The minimum atomic E-state index is -0.260. The molecule has 0 atom stereocenters. The van der Waals surface area contributed by atoms with Gasteiger partial charge in [0.15, 0.2) is 0 Å². The van der Waals surface area contributed by atoms with Crippen LogP contribution in [0, 0.1) is 6.92 Å². The molecule has 14 heavy (non-hydrogen) atoms. The van der Waals surface area contributed by atoms with E-state index in [9.17, 15) is 9.59 Å². The van der Waals surface area contributed by atoms with Crippen LogP contribution in [-0.4, -0.2) is 18.1 Å². The Morgan fingerprint density at radius 1 is 1.57 bits per heavy atom. The van der Waals surface area contributed by atoms with E-state index in [0.29, 0.717) is 18.4 Å². The molecule has 1 heterocycles. The summed E-state index contributed by atoms with van der Waals surface area (Å²) in [5.74, 6) is -0.260. The average Bonchev–Trinajstić information content (AvgIpc) is 2.20. The molecule has 1 rings (SSSR count). The summed E-state index contributed by atoms with van der Waals surface area (Å²) < 4.78 is 4.52. The Hall–Kier alpha value is -1.58. The molecule has 0 saturated carbocycles. The van der Waals surface area contributed by atoms with Crippen molar-refractivity contribution in [1.82, 2.24) is 4.98 Å². The number of ether oxygens (including phenoxy) is 1. The summed E-state index contributed by atoms with van der Waals surface area (Å²) in [6, 6.07) is 1.81. The van der Waals surface area contributed by atoms with Crippen molar-refractivity contribution in [3.63, 3.8) is 0 Å². The van der Waals surface area contributed by atoms with Gasteiger partial charge in [-0.2, -0.15) is 0 Å². The molecule has 0 aromatic carbocycles. The number of hydrogen-bond acceptors (Lipinski definition) is 3. The van der Waals surface area contributed by atoms with Crippen molar-refractivity contribution in [1.29, 1.82) is 0 Å². The summed E-state index contributed by atoms with van der Waals surface area (Å²) in [5.41, 5.74) is 1.45. The first-order valence-corrected chi connectivity index (χ1v) is 4.39. The molecule has 4 nitrogen and oxygen atoms in total. The fourth-order valence-corrected chi connectivity index (χ4v) is 1.21. The third-order valence-corrected chi connectivity index (χ3v) is 2.15. The number of pyridine rings is 1. The van der Waals surface area contributed by atoms with E-state index in [1.54, 1.807) is 19.2 Å². The fraction of sp³-hybridized carbons (Fsp3) is 0.400. The van der Waals surface area contributed by atoms with Crippen LogP contribution in [0.3, 0.4) is 0 Å². The van der Waals surface area contributed by atoms with Gasteiger partial charge in [-0.1, -0.05) is 0 Å². The maximum Gasteiger partial charge on any atom is 0.305 e. The van der Waals surface area contributed by atoms with E-state index in [1.807, 2.05) is 0 Å². The molecular formula is C10H13NO3. The predicted molar refractivity (Wildman–Crippen MR) is 52.1 cm³/mol. The minimum absolute atomic E-state index is 0.104. The number of nitrogens with one attached hydrogen (secondary N) is 1. The number of rotatable bonds is 3. The van der Waals surface area contributed by atoms with Crippen molar-refractivity contribution in [3.8, 4) is 0 Å². The lowest BCUT2D eigenvalue weighted by molar-refractivity contribution is -0.140. The van der Waals surface area contributed by atoms with Crippen LogP contribution >= 0.6 is 0 Å². The summed E-state index contributed by atoms with van der Waals surface area (Å²) in [6.45, 7) is 1.74. The smallest absolute Gasteiger partial charge is 0.305 e. The Labute approximate surface area is 81.9 Å². The summed E-state index contributed by atoms with van der Waals surface area (Å²) in [4.78, 5) is 24.6. The highest BCUT2D eigenvalue weighted by Crippen LogP contribution is 2.04. The molecule has 76 valence electrons. The van der Waals surface area contributed by atoms with Gasteiger partial charge in [0.25, 0.3) is 5.56 Å². The van der Waals surface area contributed by atoms with Gasteiger partial charge in [-0.05, 0) is 25.0 Å². The number of carbonyl (C=O) groups is 1. The Bertz CT molecular complexity index is 381. The molecule has 0 unspecified atom stereocenters. The molecule has 1 aromatic rings. The van der Waals surface area contributed by atoms with Gasteiger partial charge in [0.1, 0.15) is 0 Å². The van der Waals surface area contributed by atoms with E-state index in [-0.39, 0.29) is 11.5 Å². The zero-order valence-electron chi connectivity index (χ0n) is 8.29. The minimum Gasteiger partial charge on any atom is -0.469 e. The Morgan fingerprint density at radius 3 is 2.93 bits per heavy atom. The van der Waals surface area contributed by atoms with Gasteiger partial charge in [-0.15, -0.1) is 0 Å². The molecule has 0 bridgehead atoms. The van der Waals surface area contributed by atoms with Gasteiger partial charge in [0.05, 0.1) is 7.11 Å². The Balaban J connectivity index is 2.73. The van der Waals surface area contributed by atoms with E-state index >= 15 is 0 Å². The van der Waals surface area contributed by atoms with Crippen molar-refractivity contribution in [2.24, 2.45) is 0 Å². The number of aryl methyl sites for hydroxylation is 1. The van der Waals surface area contributed by atoms with Gasteiger partial charge in [0.2, 0.25) is 0 Å². The second-order valence-corrected chi connectivity index (χ2v) is 3.03. The number of aromatic amines is 1. The van der Waals surface area contributed by atoms with Crippen molar-refractivity contribution in [2.45, 2.75) is 19.8 Å². The molecular weight excluding hydrogens is 182 g/mol. The largest absolute Gasteiger partial charge is 0.469 e. The van der Waals surface area contributed by atoms with Crippen LogP contribution in [0.15, 0.2) is 17.1 Å². The number of hydrogen-bond donors (Lipinski definition) is 1. The summed E-state index contributed by atoms with van der Waals surface area (Å²) in [6.07, 6.45) is 2.44. The lowest BCUT2D eigenvalue weighted by Crippen LogP contribution is -2.12. The molecule has 0 spiro atoms. The van der Waals surface area contributed by atoms with Crippen molar-refractivity contribution < 1.29 is 9.53 Å². The monoisotopic (exact) mass is 195 g/mol. The first-order chi connectivity index (χ1) is 6.65. The second kappa shape index (κ2) is 4.60. The molecule has 0 amide bonds. The third kappa shape index (κ3) is 2.45. The summed E-state index contributed by atoms with van der Waals surface area (Å²) in [7, 11) is 1.35. The predicted octanol–water partition coefficient (Wildman–Crippen LogP) is 0.789. The second-order valence-electron chi connectivity index (χ2n) is 3.03. The first-order valence-electron chi connectivity index (χ1n) is 4.39. The first kappa shape index (κ1) is 10.5. The summed E-state index contributed by atoms with van der Waals surface area (Å²) >= 11 is 0. The number of esters is 1. The van der Waals surface area contributed by atoms with Crippen LogP contribution in [0.2, 0.25) is 0 Å². The lowest BCUT2D eigenvalue weighted by atomic mass is 10.1. The molecule has 1 N–H and O–H groups in total. The summed E-state index contributed by atoms with van der Waals surface area (Å²) in [5, 5.41) is 0. The third-order valence-electron chi connectivity index (χ3n) is 2.15. The van der Waals surface area contributed by atoms with Crippen LogP contribution in [-0.2, 0) is 16.0 Å². The van der Waals surface area contributed by atoms with E-state index in [1.165, 1.54) is 7.11 Å². The highest BCUT2D eigenvalue weighted by molar-refractivity contribution is 5.69. The SMILES string of the molecule is COC(=O)CCc1cc[nH]c(=O)c1C. The van der Waals surface area contributed by atoms with Crippen LogP contribution in [0.25, 0.3) is 0 Å². The van der Waals surface area contributed by atoms with Crippen LogP contribution < -0.4 is 5.56 Å². The lowest BCUT2D eigenvalue weighted by Gasteiger charge is -2.02. The zero-order valence-corrected chi connectivity index (χ0v) is 8.29. The van der Waals surface area contributed by atoms with Gasteiger partial charge in [0, 0.05) is 18.2 Å². The Kier molecular flexibility index (Phi) is 3.45. The maximum atomic E-state index is 11.2. The molecule has 0 aliphatic heterocycles.